The van der Waals surface area contributed by atoms with E-state index < -0.39 is 0 Å². The lowest BCUT2D eigenvalue weighted by atomic mass is 9.90. The molecule has 20 heavy (non-hydrogen) atoms. The van der Waals surface area contributed by atoms with Crippen LogP contribution in [0.3, 0.4) is 0 Å². The number of carbonyl (C=O) groups excluding carboxylic acids is 1. The number of nitrogens with two attached hydrogens (primary N) is 1. The molecule has 108 valence electrons. The second-order valence-corrected chi connectivity index (χ2v) is 6.49. The molecule has 0 aromatic heterocycles. The molecule has 3 heteroatoms. The Hall–Kier alpha value is -1.35. The first-order chi connectivity index (χ1) is 9.59. The average Bonchev–Trinajstić information content (AvgIpc) is 2.96. The van der Waals surface area contributed by atoms with Crippen molar-refractivity contribution in [3.63, 3.8) is 0 Å². The number of likely N-dealkylation sites (tertiary alicyclic amines) is 1. The second kappa shape index (κ2) is 5.21. The molecule has 1 amide bonds. The topological polar surface area (TPSA) is 46.3 Å². The summed E-state index contributed by atoms with van der Waals surface area (Å²) in [6.45, 7) is 3.88. The van der Waals surface area contributed by atoms with E-state index in [0.717, 1.165) is 45.2 Å². The zero-order valence-corrected chi connectivity index (χ0v) is 12.3. The van der Waals surface area contributed by atoms with Crippen LogP contribution in [0.4, 0.5) is 0 Å². The fourth-order valence-electron chi connectivity index (χ4n) is 3.18. The molecule has 2 aliphatic rings. The molecule has 3 rings (SSSR count). The Kier molecular flexibility index (Phi) is 3.55. The number of rotatable bonds is 4. The molecule has 1 aromatic rings. The Bertz CT molecular complexity index is 501. The van der Waals surface area contributed by atoms with Gasteiger partial charge >= 0.3 is 0 Å². The van der Waals surface area contributed by atoms with Gasteiger partial charge in [0.1, 0.15) is 0 Å². The number of nitrogens with zero attached hydrogens (tertiary/aromatic N) is 1. The van der Waals surface area contributed by atoms with Gasteiger partial charge in [-0.25, -0.2) is 0 Å². The molecule has 1 atom stereocenters. The van der Waals surface area contributed by atoms with Crippen molar-refractivity contribution >= 4 is 5.91 Å². The maximum atomic E-state index is 12.6. The summed E-state index contributed by atoms with van der Waals surface area (Å²) in [6.07, 6.45) is 5.41. The fraction of sp³-hybridized carbons (Fsp3) is 0.588. The van der Waals surface area contributed by atoms with E-state index in [1.807, 2.05) is 17.9 Å². The van der Waals surface area contributed by atoms with E-state index in [9.17, 15) is 4.79 Å². The molecule has 2 fully saturated rings. The molecule has 1 heterocycles. The number of hydrogen-bond donors (Lipinski definition) is 1. The minimum atomic E-state index is -0.0494. The van der Waals surface area contributed by atoms with Crippen LogP contribution in [-0.4, -0.2) is 29.4 Å². The maximum Gasteiger partial charge on any atom is 0.229 e. The molecule has 1 saturated carbocycles. The molecule has 1 unspecified atom stereocenters. The monoisotopic (exact) mass is 272 g/mol. The summed E-state index contributed by atoms with van der Waals surface area (Å²) in [6, 6.07) is 8.32. The normalized spacial score (nSPS) is 21.8. The first-order valence-electron chi connectivity index (χ1n) is 7.75. The number of hydrogen-bond acceptors (Lipinski definition) is 2. The summed E-state index contributed by atoms with van der Waals surface area (Å²) in [5.74, 6) is 0.225. The zero-order chi connectivity index (χ0) is 14.2. The van der Waals surface area contributed by atoms with Crippen LogP contribution in [0, 0.1) is 0 Å². The second-order valence-electron chi connectivity index (χ2n) is 6.49. The van der Waals surface area contributed by atoms with Gasteiger partial charge in [-0.2, -0.15) is 0 Å². The third-order valence-corrected chi connectivity index (χ3v) is 4.74. The van der Waals surface area contributed by atoms with Crippen LogP contribution < -0.4 is 5.73 Å². The molecule has 0 spiro atoms. The van der Waals surface area contributed by atoms with Gasteiger partial charge in [0.05, 0.1) is 5.92 Å². The van der Waals surface area contributed by atoms with Gasteiger partial charge in [0.25, 0.3) is 0 Å². The van der Waals surface area contributed by atoms with Crippen LogP contribution in [0.15, 0.2) is 24.3 Å². The van der Waals surface area contributed by atoms with Crippen molar-refractivity contribution in [1.29, 1.82) is 0 Å². The zero-order valence-electron chi connectivity index (χ0n) is 12.3. The van der Waals surface area contributed by atoms with Crippen LogP contribution in [0.5, 0.6) is 0 Å². The molecule has 1 aromatic carbocycles. The van der Waals surface area contributed by atoms with E-state index in [0.29, 0.717) is 0 Å². The van der Waals surface area contributed by atoms with Crippen LogP contribution in [0.1, 0.15) is 49.7 Å². The van der Waals surface area contributed by atoms with Crippen molar-refractivity contribution < 1.29 is 4.79 Å². The Balaban J connectivity index is 1.79. The molecule has 1 aliphatic heterocycles. The van der Waals surface area contributed by atoms with Crippen LogP contribution in [0.25, 0.3) is 0 Å². The number of amides is 1. The van der Waals surface area contributed by atoms with Gasteiger partial charge < -0.3 is 10.6 Å². The standard InChI is InChI=1S/C17H24N2O/c1-13(16(20)19-10-4-5-11-19)15-7-3-2-6-14(15)12-17(18)8-9-17/h2-3,6-7,13H,4-5,8-12,18H2,1H3. The van der Waals surface area contributed by atoms with E-state index >= 15 is 0 Å². The van der Waals surface area contributed by atoms with Gasteiger partial charge in [-0.1, -0.05) is 24.3 Å². The van der Waals surface area contributed by atoms with Gasteiger partial charge in [0.15, 0.2) is 0 Å². The third-order valence-electron chi connectivity index (χ3n) is 4.74. The molecule has 0 bridgehead atoms. The molecule has 1 saturated heterocycles. The number of carbonyl (C=O) groups is 1. The van der Waals surface area contributed by atoms with Crippen molar-refractivity contribution in [3.05, 3.63) is 35.4 Å². The summed E-state index contributed by atoms with van der Waals surface area (Å²) >= 11 is 0. The lowest BCUT2D eigenvalue weighted by molar-refractivity contribution is -0.131. The predicted molar refractivity (Wildman–Crippen MR) is 80.5 cm³/mol. The number of benzene rings is 1. The molecule has 1 aliphatic carbocycles. The first kappa shape index (κ1) is 13.6. The van der Waals surface area contributed by atoms with E-state index in [4.69, 9.17) is 5.73 Å². The summed E-state index contributed by atoms with van der Waals surface area (Å²) < 4.78 is 0. The summed E-state index contributed by atoms with van der Waals surface area (Å²) in [5.41, 5.74) is 8.67. The third kappa shape index (κ3) is 2.73. The highest BCUT2D eigenvalue weighted by Gasteiger charge is 2.39. The SMILES string of the molecule is CC(C(=O)N1CCCC1)c1ccccc1CC1(N)CC1. The Labute approximate surface area is 121 Å². The van der Waals surface area contributed by atoms with E-state index in [1.54, 1.807) is 0 Å². The summed E-state index contributed by atoms with van der Waals surface area (Å²) in [4.78, 5) is 14.6. The summed E-state index contributed by atoms with van der Waals surface area (Å²) in [5, 5.41) is 0. The van der Waals surface area contributed by atoms with Crippen molar-refractivity contribution in [1.82, 2.24) is 4.90 Å². The molecule has 0 radical (unpaired) electrons. The highest BCUT2D eigenvalue weighted by atomic mass is 16.2. The lowest BCUT2D eigenvalue weighted by Gasteiger charge is -2.23. The average molecular weight is 272 g/mol. The van der Waals surface area contributed by atoms with Crippen LogP contribution >= 0.6 is 0 Å². The van der Waals surface area contributed by atoms with Crippen LogP contribution in [-0.2, 0) is 11.2 Å². The van der Waals surface area contributed by atoms with Gasteiger partial charge in [0, 0.05) is 18.6 Å². The summed E-state index contributed by atoms with van der Waals surface area (Å²) in [7, 11) is 0. The Morgan fingerprint density at radius 3 is 2.60 bits per heavy atom. The predicted octanol–water partition coefficient (Wildman–Crippen LogP) is 2.45. The van der Waals surface area contributed by atoms with Gasteiger partial charge in [-0.3, -0.25) is 4.79 Å². The van der Waals surface area contributed by atoms with E-state index in [2.05, 4.69) is 18.2 Å². The molecule has 3 nitrogen and oxygen atoms in total. The Morgan fingerprint density at radius 1 is 1.30 bits per heavy atom. The Morgan fingerprint density at radius 2 is 1.95 bits per heavy atom. The van der Waals surface area contributed by atoms with E-state index in [1.165, 1.54) is 11.1 Å². The lowest BCUT2D eigenvalue weighted by Crippen LogP contribution is -2.32. The molecule has 2 N–H and O–H groups in total. The highest BCUT2D eigenvalue weighted by Crippen LogP contribution is 2.37. The minimum Gasteiger partial charge on any atom is -0.342 e. The quantitative estimate of drug-likeness (QED) is 0.915. The van der Waals surface area contributed by atoms with Crippen molar-refractivity contribution in [2.24, 2.45) is 5.73 Å². The van der Waals surface area contributed by atoms with Gasteiger partial charge in [-0.05, 0) is 50.2 Å². The smallest absolute Gasteiger partial charge is 0.229 e. The van der Waals surface area contributed by atoms with Crippen molar-refractivity contribution in [2.75, 3.05) is 13.1 Å². The minimum absolute atomic E-state index is 0.00743. The largest absolute Gasteiger partial charge is 0.342 e. The molecular formula is C17H24N2O. The van der Waals surface area contributed by atoms with Crippen molar-refractivity contribution in [2.45, 2.75) is 50.5 Å². The maximum absolute atomic E-state index is 12.6. The molecular weight excluding hydrogens is 248 g/mol. The highest BCUT2D eigenvalue weighted by molar-refractivity contribution is 5.84. The van der Waals surface area contributed by atoms with Crippen LogP contribution in [0.2, 0.25) is 0 Å². The van der Waals surface area contributed by atoms with Gasteiger partial charge in [0.2, 0.25) is 5.91 Å². The van der Waals surface area contributed by atoms with Gasteiger partial charge in [-0.15, -0.1) is 0 Å². The fourth-order valence-corrected chi connectivity index (χ4v) is 3.18. The van der Waals surface area contributed by atoms with Crippen molar-refractivity contribution in [3.8, 4) is 0 Å². The first-order valence-corrected chi connectivity index (χ1v) is 7.75. The van der Waals surface area contributed by atoms with E-state index in [-0.39, 0.29) is 17.4 Å².